The summed E-state index contributed by atoms with van der Waals surface area (Å²) < 4.78 is 19.7. The maximum absolute atomic E-state index is 13.5. The van der Waals surface area contributed by atoms with Gasteiger partial charge in [0, 0.05) is 21.1 Å². The van der Waals surface area contributed by atoms with Crippen molar-refractivity contribution < 1.29 is 18.7 Å². The molecule has 0 aliphatic rings. The van der Waals surface area contributed by atoms with Gasteiger partial charge in [0.05, 0.1) is 6.42 Å². The van der Waals surface area contributed by atoms with Crippen LogP contribution in [0.25, 0.3) is 10.9 Å². The van der Waals surface area contributed by atoms with E-state index in [2.05, 4.69) is 31.8 Å². The molecule has 0 aliphatic carbocycles. The molecule has 0 atom stereocenters. The quantitative estimate of drug-likeness (QED) is 0.540. The molecule has 6 nitrogen and oxygen atoms in total. The van der Waals surface area contributed by atoms with E-state index in [0.29, 0.717) is 16.7 Å². The van der Waals surface area contributed by atoms with Crippen LogP contribution in [0.1, 0.15) is 11.3 Å². The Bertz CT molecular complexity index is 986. The molecule has 0 fully saturated rings. The fourth-order valence-electron chi connectivity index (χ4n) is 2.64. The smallest absolute Gasteiger partial charge is 0.276 e. The van der Waals surface area contributed by atoms with Crippen molar-refractivity contribution in [2.45, 2.75) is 13.3 Å². The summed E-state index contributed by atoms with van der Waals surface area (Å²) in [6.45, 7) is 1.57. The fourth-order valence-corrected chi connectivity index (χ4v) is 2.91. The molecular weight excluding hydrogens is 417 g/mol. The molecule has 3 N–H and O–H groups in total. The van der Waals surface area contributed by atoms with E-state index in [1.165, 1.54) is 12.1 Å². The molecule has 2 amide bonds. The lowest BCUT2D eigenvalue weighted by Gasteiger charge is -2.09. The van der Waals surface area contributed by atoms with Crippen LogP contribution < -0.4 is 15.6 Å². The number of carbonyl (C=O) groups is 2. The van der Waals surface area contributed by atoms with E-state index in [1.807, 2.05) is 6.92 Å². The van der Waals surface area contributed by atoms with Crippen molar-refractivity contribution >= 4 is 38.6 Å². The third kappa shape index (κ3) is 4.85. The molecular formula is C19H17BrFN3O3. The monoisotopic (exact) mass is 433 g/mol. The average molecular weight is 434 g/mol. The number of hydrogen-bond acceptors (Lipinski definition) is 3. The van der Waals surface area contributed by atoms with Gasteiger partial charge < -0.3 is 9.72 Å². The molecule has 3 rings (SSSR count). The molecule has 27 heavy (non-hydrogen) atoms. The lowest BCUT2D eigenvalue weighted by atomic mass is 10.1. The summed E-state index contributed by atoms with van der Waals surface area (Å²) in [6.07, 6.45) is 0.00311. The third-order valence-corrected chi connectivity index (χ3v) is 4.47. The Kier molecular flexibility index (Phi) is 5.75. The zero-order valence-electron chi connectivity index (χ0n) is 14.4. The summed E-state index contributed by atoms with van der Waals surface area (Å²) in [5.74, 6) is -0.745. The van der Waals surface area contributed by atoms with Gasteiger partial charge in [0.1, 0.15) is 11.6 Å². The highest BCUT2D eigenvalue weighted by molar-refractivity contribution is 9.10. The first-order valence-electron chi connectivity index (χ1n) is 8.15. The maximum Gasteiger partial charge on any atom is 0.276 e. The summed E-state index contributed by atoms with van der Waals surface area (Å²) in [5.41, 5.74) is 6.85. The van der Waals surface area contributed by atoms with Gasteiger partial charge in [0.25, 0.3) is 5.91 Å². The predicted octanol–water partition coefficient (Wildman–Crippen LogP) is 3.15. The van der Waals surface area contributed by atoms with E-state index in [4.69, 9.17) is 4.74 Å². The molecule has 0 saturated heterocycles. The van der Waals surface area contributed by atoms with Crippen molar-refractivity contribution in [1.29, 1.82) is 0 Å². The number of aryl methyl sites for hydroxylation is 1. The summed E-state index contributed by atoms with van der Waals surface area (Å²) in [7, 11) is 0. The van der Waals surface area contributed by atoms with Crippen molar-refractivity contribution in [2.24, 2.45) is 0 Å². The number of halogens is 2. The van der Waals surface area contributed by atoms with Crippen molar-refractivity contribution in [3.63, 3.8) is 0 Å². The van der Waals surface area contributed by atoms with Crippen LogP contribution >= 0.6 is 15.9 Å². The van der Waals surface area contributed by atoms with Gasteiger partial charge in [-0.15, -0.1) is 0 Å². The van der Waals surface area contributed by atoms with Crippen LogP contribution in [0.5, 0.6) is 5.75 Å². The van der Waals surface area contributed by atoms with Crippen molar-refractivity contribution in [1.82, 2.24) is 15.8 Å². The molecule has 0 aliphatic heterocycles. The highest BCUT2D eigenvalue weighted by Crippen LogP contribution is 2.23. The van der Waals surface area contributed by atoms with Crippen molar-refractivity contribution in [3.05, 3.63) is 64.0 Å². The Hall–Kier alpha value is -2.87. The Morgan fingerprint density at radius 3 is 2.56 bits per heavy atom. The number of benzene rings is 2. The molecule has 140 valence electrons. The minimum atomic E-state index is -0.493. The highest BCUT2D eigenvalue weighted by atomic mass is 79.9. The Morgan fingerprint density at radius 2 is 1.81 bits per heavy atom. The van der Waals surface area contributed by atoms with Gasteiger partial charge in [-0.3, -0.25) is 20.4 Å². The first-order valence-corrected chi connectivity index (χ1v) is 8.94. The number of amides is 2. The zero-order chi connectivity index (χ0) is 19.4. The molecule has 0 saturated carbocycles. The molecule has 3 aromatic rings. The lowest BCUT2D eigenvalue weighted by Crippen LogP contribution is -2.44. The molecule has 2 aromatic carbocycles. The Morgan fingerprint density at radius 1 is 1.11 bits per heavy atom. The van der Waals surface area contributed by atoms with E-state index in [0.717, 1.165) is 15.7 Å². The number of carbonyl (C=O) groups excluding carboxylic acids is 2. The molecule has 0 radical (unpaired) electrons. The summed E-state index contributed by atoms with van der Waals surface area (Å²) >= 11 is 3.31. The Balaban J connectivity index is 1.52. The number of H-pyrrole nitrogens is 1. The van der Waals surface area contributed by atoms with Gasteiger partial charge >= 0.3 is 0 Å². The van der Waals surface area contributed by atoms with Crippen LogP contribution in [0.15, 0.2) is 46.9 Å². The SMILES string of the molecule is Cc1[nH]c2ccc(F)cc2c1CC(=O)NNC(=O)COc1ccc(Br)cc1. The second-order valence-corrected chi connectivity index (χ2v) is 6.85. The first-order chi connectivity index (χ1) is 12.9. The largest absolute Gasteiger partial charge is 0.484 e. The van der Waals surface area contributed by atoms with E-state index < -0.39 is 11.8 Å². The van der Waals surface area contributed by atoms with Gasteiger partial charge in [0.2, 0.25) is 5.91 Å². The van der Waals surface area contributed by atoms with Crippen LogP contribution in [0.4, 0.5) is 4.39 Å². The third-order valence-electron chi connectivity index (χ3n) is 3.94. The number of fused-ring (bicyclic) bond motifs is 1. The molecule has 0 spiro atoms. The number of hydrogen-bond donors (Lipinski definition) is 3. The second kappa shape index (κ2) is 8.22. The number of rotatable bonds is 5. The van der Waals surface area contributed by atoms with E-state index in [1.54, 1.807) is 30.3 Å². The van der Waals surface area contributed by atoms with E-state index >= 15 is 0 Å². The molecule has 8 heteroatoms. The van der Waals surface area contributed by atoms with E-state index in [9.17, 15) is 14.0 Å². The predicted molar refractivity (Wildman–Crippen MR) is 103 cm³/mol. The van der Waals surface area contributed by atoms with Gasteiger partial charge in [-0.2, -0.15) is 0 Å². The molecule has 0 unspecified atom stereocenters. The number of aromatic nitrogens is 1. The molecule has 1 aromatic heterocycles. The minimum Gasteiger partial charge on any atom is -0.484 e. The number of hydrazine groups is 1. The van der Waals surface area contributed by atoms with Crippen LogP contribution in [0.2, 0.25) is 0 Å². The normalized spacial score (nSPS) is 10.6. The lowest BCUT2D eigenvalue weighted by molar-refractivity contribution is -0.129. The first kappa shape index (κ1) is 18.9. The average Bonchev–Trinajstić information content (AvgIpc) is 2.94. The summed E-state index contributed by atoms with van der Waals surface area (Å²) in [6, 6.07) is 11.4. The minimum absolute atomic E-state index is 0.00311. The highest BCUT2D eigenvalue weighted by Gasteiger charge is 2.14. The Labute approximate surface area is 163 Å². The van der Waals surface area contributed by atoms with Gasteiger partial charge in [-0.05, 0) is 55.0 Å². The number of ether oxygens (including phenoxy) is 1. The van der Waals surface area contributed by atoms with Crippen LogP contribution in [0.3, 0.4) is 0 Å². The van der Waals surface area contributed by atoms with Crippen LogP contribution in [-0.4, -0.2) is 23.4 Å². The van der Waals surface area contributed by atoms with Crippen molar-refractivity contribution in [2.75, 3.05) is 6.61 Å². The topological polar surface area (TPSA) is 83.2 Å². The van der Waals surface area contributed by atoms with Crippen LogP contribution in [0, 0.1) is 12.7 Å². The van der Waals surface area contributed by atoms with Gasteiger partial charge in [0.15, 0.2) is 6.61 Å². The maximum atomic E-state index is 13.5. The zero-order valence-corrected chi connectivity index (χ0v) is 16.0. The number of aromatic amines is 1. The fraction of sp³-hybridized carbons (Fsp3) is 0.158. The second-order valence-electron chi connectivity index (χ2n) is 5.93. The van der Waals surface area contributed by atoms with Gasteiger partial charge in [-0.1, -0.05) is 15.9 Å². The van der Waals surface area contributed by atoms with Crippen LogP contribution in [-0.2, 0) is 16.0 Å². The summed E-state index contributed by atoms with van der Waals surface area (Å²) in [4.78, 5) is 27.0. The summed E-state index contributed by atoms with van der Waals surface area (Å²) in [5, 5.41) is 0.646. The van der Waals surface area contributed by atoms with Crippen molar-refractivity contribution in [3.8, 4) is 5.75 Å². The van der Waals surface area contributed by atoms with Gasteiger partial charge in [-0.25, -0.2) is 4.39 Å². The number of nitrogens with one attached hydrogen (secondary N) is 3. The van der Waals surface area contributed by atoms with E-state index in [-0.39, 0.29) is 18.8 Å². The molecule has 1 heterocycles. The standard InChI is InChI=1S/C19H17BrFN3O3/c1-11-15(16-8-13(21)4-7-17(16)22-11)9-18(25)23-24-19(26)10-27-14-5-2-12(20)3-6-14/h2-8,22H,9-10H2,1H3,(H,23,25)(H,24,26). The molecule has 0 bridgehead atoms.